The van der Waals surface area contributed by atoms with Gasteiger partial charge in [0.2, 0.25) is 5.91 Å². The number of nitrogens with zero attached hydrogens (tertiary/aromatic N) is 1. The van der Waals surface area contributed by atoms with Crippen LogP contribution in [0, 0.1) is 12.8 Å². The Bertz CT molecular complexity index is 570. The molecule has 0 radical (unpaired) electrons. The van der Waals surface area contributed by atoms with Crippen LogP contribution in [0.2, 0.25) is 0 Å². The zero-order chi connectivity index (χ0) is 13.2. The van der Waals surface area contributed by atoms with Crippen molar-refractivity contribution in [3.63, 3.8) is 0 Å². The Hall–Kier alpha value is -1.62. The lowest BCUT2D eigenvalue weighted by atomic mass is 9.85. The molecule has 2 aromatic rings. The summed E-state index contributed by atoms with van der Waals surface area (Å²) in [6, 6.07) is 3.75. The molecule has 0 saturated heterocycles. The molecule has 1 N–H and O–H groups in total. The van der Waals surface area contributed by atoms with Crippen LogP contribution in [0.25, 0.3) is 10.8 Å². The van der Waals surface area contributed by atoms with Crippen molar-refractivity contribution < 1.29 is 9.21 Å². The number of nitrogens with one attached hydrogen (secondary N) is 1. The van der Waals surface area contributed by atoms with Gasteiger partial charge >= 0.3 is 0 Å². The van der Waals surface area contributed by atoms with Gasteiger partial charge in [-0.1, -0.05) is 6.42 Å². The van der Waals surface area contributed by atoms with Gasteiger partial charge in [-0.25, -0.2) is 4.98 Å². The molecule has 1 aliphatic carbocycles. The summed E-state index contributed by atoms with van der Waals surface area (Å²) in [5.41, 5.74) is 0.963. The number of carbonyl (C=O) groups is 1. The van der Waals surface area contributed by atoms with Gasteiger partial charge in [-0.2, -0.15) is 0 Å². The monoisotopic (exact) mass is 276 g/mol. The van der Waals surface area contributed by atoms with E-state index in [0.29, 0.717) is 6.54 Å². The van der Waals surface area contributed by atoms with Crippen LogP contribution in [0.3, 0.4) is 0 Å². The SMILES string of the molecule is Cc1nc(-c2ccco2)sc1CNC(=O)C1CCC1. The molecule has 1 saturated carbocycles. The number of furan rings is 1. The maximum Gasteiger partial charge on any atom is 0.223 e. The van der Waals surface area contributed by atoms with Crippen molar-refractivity contribution in [2.24, 2.45) is 5.92 Å². The highest BCUT2D eigenvalue weighted by Gasteiger charge is 2.25. The Kier molecular flexibility index (Phi) is 3.38. The van der Waals surface area contributed by atoms with E-state index in [1.54, 1.807) is 17.6 Å². The summed E-state index contributed by atoms with van der Waals surface area (Å²) in [7, 11) is 0. The smallest absolute Gasteiger partial charge is 0.223 e. The summed E-state index contributed by atoms with van der Waals surface area (Å²) in [6.45, 7) is 2.54. The minimum atomic E-state index is 0.179. The highest BCUT2D eigenvalue weighted by atomic mass is 32.1. The minimum absolute atomic E-state index is 0.179. The third-order valence-electron chi connectivity index (χ3n) is 3.52. The molecule has 2 heterocycles. The normalized spacial score (nSPS) is 15.2. The van der Waals surface area contributed by atoms with Gasteiger partial charge in [-0.05, 0) is 31.9 Å². The van der Waals surface area contributed by atoms with Crippen LogP contribution in [0.15, 0.2) is 22.8 Å². The summed E-state index contributed by atoms with van der Waals surface area (Å²) in [5, 5.41) is 3.87. The molecule has 1 amide bonds. The van der Waals surface area contributed by atoms with E-state index < -0.39 is 0 Å². The number of aryl methyl sites for hydroxylation is 1. The Morgan fingerprint density at radius 2 is 2.42 bits per heavy atom. The molecule has 19 heavy (non-hydrogen) atoms. The van der Waals surface area contributed by atoms with E-state index in [2.05, 4.69) is 10.3 Å². The lowest BCUT2D eigenvalue weighted by Gasteiger charge is -2.23. The number of carbonyl (C=O) groups excluding carboxylic acids is 1. The van der Waals surface area contributed by atoms with Crippen LogP contribution >= 0.6 is 11.3 Å². The van der Waals surface area contributed by atoms with Crippen LogP contribution in [0.1, 0.15) is 29.8 Å². The molecule has 100 valence electrons. The molecule has 0 aliphatic heterocycles. The van der Waals surface area contributed by atoms with Gasteiger partial charge in [0.15, 0.2) is 10.8 Å². The van der Waals surface area contributed by atoms with Gasteiger partial charge in [-0.15, -0.1) is 11.3 Å². The predicted molar refractivity (Wildman–Crippen MR) is 73.7 cm³/mol. The topological polar surface area (TPSA) is 55.1 Å². The third kappa shape index (κ3) is 2.56. The molecule has 0 unspecified atom stereocenters. The first-order chi connectivity index (χ1) is 9.24. The van der Waals surface area contributed by atoms with Gasteiger partial charge in [0.25, 0.3) is 0 Å². The fourth-order valence-electron chi connectivity index (χ4n) is 2.08. The first-order valence-corrected chi connectivity index (χ1v) is 7.33. The molecule has 3 rings (SSSR count). The molecule has 1 fully saturated rings. The van der Waals surface area contributed by atoms with Crippen molar-refractivity contribution in [1.29, 1.82) is 0 Å². The molecule has 2 aromatic heterocycles. The number of amides is 1. The zero-order valence-corrected chi connectivity index (χ0v) is 11.6. The fourth-order valence-corrected chi connectivity index (χ4v) is 3.05. The Morgan fingerprint density at radius 1 is 1.58 bits per heavy atom. The lowest BCUT2D eigenvalue weighted by Crippen LogP contribution is -2.33. The molecule has 0 atom stereocenters. The van der Waals surface area contributed by atoms with E-state index in [0.717, 1.165) is 34.2 Å². The van der Waals surface area contributed by atoms with Crippen molar-refractivity contribution in [2.45, 2.75) is 32.7 Å². The van der Waals surface area contributed by atoms with E-state index in [9.17, 15) is 4.79 Å². The number of hydrogen-bond acceptors (Lipinski definition) is 4. The predicted octanol–water partition coefficient (Wildman–Crippen LogP) is 3.13. The highest BCUT2D eigenvalue weighted by Crippen LogP contribution is 2.29. The molecule has 4 nitrogen and oxygen atoms in total. The van der Waals surface area contributed by atoms with Crippen molar-refractivity contribution in [3.05, 3.63) is 29.0 Å². The molecule has 0 bridgehead atoms. The van der Waals surface area contributed by atoms with Crippen molar-refractivity contribution in [1.82, 2.24) is 10.3 Å². The number of aromatic nitrogens is 1. The van der Waals surface area contributed by atoms with Gasteiger partial charge in [-0.3, -0.25) is 4.79 Å². The van der Waals surface area contributed by atoms with E-state index in [4.69, 9.17) is 4.42 Å². The molecular weight excluding hydrogens is 260 g/mol. The van der Waals surface area contributed by atoms with E-state index in [-0.39, 0.29) is 11.8 Å². The summed E-state index contributed by atoms with van der Waals surface area (Å²) in [4.78, 5) is 17.4. The zero-order valence-electron chi connectivity index (χ0n) is 10.8. The van der Waals surface area contributed by atoms with Crippen molar-refractivity contribution >= 4 is 17.2 Å². The van der Waals surface area contributed by atoms with Crippen LogP contribution in [-0.2, 0) is 11.3 Å². The van der Waals surface area contributed by atoms with Crippen molar-refractivity contribution in [2.75, 3.05) is 0 Å². The van der Waals surface area contributed by atoms with Gasteiger partial charge in [0.05, 0.1) is 18.5 Å². The van der Waals surface area contributed by atoms with Crippen LogP contribution in [0.4, 0.5) is 0 Å². The fraction of sp³-hybridized carbons (Fsp3) is 0.429. The first kappa shape index (κ1) is 12.4. The van der Waals surface area contributed by atoms with Crippen LogP contribution in [-0.4, -0.2) is 10.9 Å². The Morgan fingerprint density at radius 3 is 3.05 bits per heavy atom. The minimum Gasteiger partial charge on any atom is -0.462 e. The van der Waals surface area contributed by atoms with E-state index in [1.165, 1.54) is 6.42 Å². The Balaban J connectivity index is 1.66. The average Bonchev–Trinajstić information content (AvgIpc) is 2.93. The largest absolute Gasteiger partial charge is 0.462 e. The maximum absolute atomic E-state index is 11.8. The van der Waals surface area contributed by atoms with Crippen LogP contribution < -0.4 is 5.32 Å². The van der Waals surface area contributed by atoms with Crippen LogP contribution in [0.5, 0.6) is 0 Å². The highest BCUT2D eigenvalue weighted by molar-refractivity contribution is 7.15. The summed E-state index contributed by atoms with van der Waals surface area (Å²) in [6.07, 6.45) is 4.89. The number of thiazole rings is 1. The first-order valence-electron chi connectivity index (χ1n) is 6.52. The molecule has 0 spiro atoms. The summed E-state index contributed by atoms with van der Waals surface area (Å²) < 4.78 is 5.34. The summed E-state index contributed by atoms with van der Waals surface area (Å²) >= 11 is 1.58. The second-order valence-electron chi connectivity index (χ2n) is 4.85. The second kappa shape index (κ2) is 5.17. The van der Waals surface area contributed by atoms with Gasteiger partial charge in [0.1, 0.15) is 0 Å². The van der Waals surface area contributed by atoms with Gasteiger partial charge in [0, 0.05) is 10.8 Å². The number of rotatable bonds is 4. The van der Waals surface area contributed by atoms with Gasteiger partial charge < -0.3 is 9.73 Å². The average molecular weight is 276 g/mol. The molecule has 5 heteroatoms. The summed E-state index contributed by atoms with van der Waals surface area (Å²) in [5.74, 6) is 1.20. The van der Waals surface area contributed by atoms with E-state index in [1.807, 2.05) is 19.1 Å². The second-order valence-corrected chi connectivity index (χ2v) is 5.93. The molecule has 0 aromatic carbocycles. The standard InChI is InChI=1S/C14H16N2O2S/c1-9-12(8-15-13(17)10-4-2-5-10)19-14(16-9)11-6-3-7-18-11/h3,6-7,10H,2,4-5,8H2,1H3,(H,15,17). The third-order valence-corrected chi connectivity index (χ3v) is 4.70. The Labute approximate surface area is 115 Å². The quantitative estimate of drug-likeness (QED) is 0.933. The molecule has 1 aliphatic rings. The molecular formula is C14H16N2O2S. The van der Waals surface area contributed by atoms with Crippen molar-refractivity contribution in [3.8, 4) is 10.8 Å². The lowest BCUT2D eigenvalue weighted by molar-refractivity contribution is -0.127. The van der Waals surface area contributed by atoms with E-state index >= 15 is 0 Å². The number of hydrogen-bond donors (Lipinski definition) is 1. The maximum atomic E-state index is 11.8.